The van der Waals surface area contributed by atoms with E-state index in [-0.39, 0.29) is 36.6 Å². The summed E-state index contributed by atoms with van der Waals surface area (Å²) in [6.07, 6.45) is 1.99. The molecule has 12 nitrogen and oxygen atoms in total. The summed E-state index contributed by atoms with van der Waals surface area (Å²) in [4.78, 5) is 37.2. The van der Waals surface area contributed by atoms with E-state index in [1.165, 1.54) is 24.7 Å². The van der Waals surface area contributed by atoms with E-state index >= 15 is 0 Å². The molecular weight excluding hydrogens is 668 g/mol. The molecule has 2 aliphatic rings. The molecule has 2 aliphatic heterocycles. The van der Waals surface area contributed by atoms with Crippen LogP contribution in [0.3, 0.4) is 0 Å². The lowest BCUT2D eigenvalue weighted by Gasteiger charge is -2.27. The van der Waals surface area contributed by atoms with Crippen LogP contribution in [0.4, 0.5) is 4.79 Å². The van der Waals surface area contributed by atoms with E-state index in [9.17, 15) is 14.4 Å². The van der Waals surface area contributed by atoms with Crippen LogP contribution in [0.5, 0.6) is 0 Å². The first-order valence-electron chi connectivity index (χ1n) is 16.9. The van der Waals surface area contributed by atoms with E-state index in [2.05, 4.69) is 5.32 Å². The van der Waals surface area contributed by atoms with Crippen LogP contribution in [0.2, 0.25) is 0 Å². The van der Waals surface area contributed by atoms with Gasteiger partial charge in [-0.1, -0.05) is 60.7 Å². The molecule has 0 bridgehead atoms. The van der Waals surface area contributed by atoms with Crippen LogP contribution >= 0.6 is 12.4 Å². The number of ether oxygens (including phenoxy) is 7. The number of nitrogens with zero attached hydrogens (tertiary/aromatic N) is 1. The molecule has 2 fully saturated rings. The van der Waals surface area contributed by atoms with Crippen LogP contribution in [-0.2, 0) is 56.0 Å². The monoisotopic (exact) mass is 722 g/mol. The minimum atomic E-state index is -0.681. The highest BCUT2D eigenvalue weighted by molar-refractivity contribution is 5.85. The van der Waals surface area contributed by atoms with Crippen molar-refractivity contribution in [3.63, 3.8) is 0 Å². The highest BCUT2D eigenvalue weighted by Gasteiger charge is 2.42. The number of hydrogen-bond acceptors (Lipinski definition) is 11. The minimum absolute atomic E-state index is 0. The first-order valence-corrected chi connectivity index (χ1v) is 16.9. The van der Waals surface area contributed by atoms with Gasteiger partial charge in [-0.25, -0.2) is 9.59 Å². The molecule has 0 spiro atoms. The molecule has 2 saturated heterocycles. The van der Waals surface area contributed by atoms with Gasteiger partial charge in [0.2, 0.25) is 0 Å². The normalized spacial score (nSPS) is 19.9. The molecule has 2 aromatic carbocycles. The lowest BCUT2D eigenvalue weighted by Crippen LogP contribution is -2.44. The van der Waals surface area contributed by atoms with Crippen molar-refractivity contribution in [3.05, 3.63) is 71.8 Å². The van der Waals surface area contributed by atoms with Crippen LogP contribution in [0.15, 0.2) is 60.7 Å². The summed E-state index contributed by atoms with van der Waals surface area (Å²) in [6.45, 7) is 9.98. The van der Waals surface area contributed by atoms with Gasteiger partial charge in [0.15, 0.2) is 0 Å². The average molecular weight is 723 g/mol. The number of likely N-dealkylation sites (tertiary alicyclic amines) is 1. The van der Waals surface area contributed by atoms with Crippen molar-refractivity contribution in [2.45, 2.75) is 89.6 Å². The standard InChI is InChI=1S/C21H31NO6.C16H23NO4.ClH/c1-21(2,3)28-20(24)22-14-17(13-18(22)19(23)25-4)27-12-8-11-26-15-16-9-6-5-7-10-16;1-19-16(18)15-10-14(11-17-15)21-9-5-8-20-12-13-6-3-2-4-7-13;/h5-7,9-10,17-18H,8,11-15H2,1-4H3;2-4,6-7,14-15,17H,5,8-12H2,1H3;1H/t17-,18-;14-,15-;/m00./s1. The molecule has 0 radical (unpaired) electrons. The topological polar surface area (TPSA) is 131 Å². The smallest absolute Gasteiger partial charge is 0.411 e. The van der Waals surface area contributed by atoms with Crippen LogP contribution in [0.1, 0.15) is 57.6 Å². The molecule has 2 heterocycles. The minimum Gasteiger partial charge on any atom is -0.468 e. The summed E-state index contributed by atoms with van der Waals surface area (Å²) in [6, 6.07) is 19.2. The number of benzene rings is 2. The number of halogens is 1. The summed E-state index contributed by atoms with van der Waals surface area (Å²) >= 11 is 0. The first-order chi connectivity index (χ1) is 23.6. The molecule has 13 heteroatoms. The number of rotatable bonds is 16. The molecule has 0 saturated carbocycles. The maximum Gasteiger partial charge on any atom is 0.411 e. The Morgan fingerprint density at radius 1 is 0.740 bits per heavy atom. The zero-order valence-corrected chi connectivity index (χ0v) is 30.8. The van der Waals surface area contributed by atoms with Crippen molar-refractivity contribution < 1.29 is 47.5 Å². The molecule has 0 aromatic heterocycles. The lowest BCUT2D eigenvalue weighted by molar-refractivity contribution is -0.146. The summed E-state index contributed by atoms with van der Waals surface area (Å²) in [7, 11) is 2.72. The molecule has 1 N–H and O–H groups in total. The third-order valence-electron chi connectivity index (χ3n) is 7.74. The Hall–Kier alpha value is -3.26. The Labute approximate surface area is 302 Å². The van der Waals surface area contributed by atoms with Gasteiger partial charge in [-0.2, -0.15) is 0 Å². The van der Waals surface area contributed by atoms with Crippen LogP contribution in [-0.4, -0.2) is 107 Å². The van der Waals surface area contributed by atoms with E-state index in [4.69, 9.17) is 33.2 Å². The Kier molecular flexibility index (Phi) is 20.0. The molecular formula is C37H55ClN2O10. The van der Waals surface area contributed by atoms with Crippen molar-refractivity contribution >= 4 is 30.4 Å². The fraction of sp³-hybridized carbons (Fsp3) is 0.595. The van der Waals surface area contributed by atoms with E-state index in [0.29, 0.717) is 65.6 Å². The molecule has 1 amide bonds. The van der Waals surface area contributed by atoms with Gasteiger partial charge in [0, 0.05) is 45.8 Å². The number of methoxy groups -OCH3 is 2. The van der Waals surface area contributed by atoms with Gasteiger partial charge >= 0.3 is 18.0 Å². The van der Waals surface area contributed by atoms with Crippen molar-refractivity contribution in [2.24, 2.45) is 0 Å². The second-order valence-electron chi connectivity index (χ2n) is 12.9. The molecule has 50 heavy (non-hydrogen) atoms. The van der Waals surface area contributed by atoms with Crippen LogP contribution in [0, 0.1) is 0 Å². The van der Waals surface area contributed by atoms with Crippen molar-refractivity contribution in [3.8, 4) is 0 Å². The summed E-state index contributed by atoms with van der Waals surface area (Å²) in [5.41, 5.74) is 1.68. The van der Waals surface area contributed by atoms with E-state index in [1.807, 2.05) is 60.7 Å². The summed E-state index contributed by atoms with van der Waals surface area (Å²) in [5, 5.41) is 3.10. The lowest BCUT2D eigenvalue weighted by atomic mass is 10.2. The Bertz CT molecular complexity index is 1250. The quantitative estimate of drug-likeness (QED) is 0.141. The Morgan fingerprint density at radius 2 is 1.26 bits per heavy atom. The second-order valence-corrected chi connectivity index (χ2v) is 12.9. The van der Waals surface area contributed by atoms with Gasteiger partial charge in [0.25, 0.3) is 0 Å². The van der Waals surface area contributed by atoms with Gasteiger partial charge in [-0.15, -0.1) is 12.4 Å². The summed E-state index contributed by atoms with van der Waals surface area (Å²) in [5.74, 6) is -0.671. The SMILES string of the molecule is COC(=O)[C@@H]1C[C@H](OCCCOCc2ccccc2)CN1.COC(=O)[C@@H]1C[C@H](OCCCOCc2ccccc2)CN1C(=O)OC(C)(C)C.Cl. The van der Waals surface area contributed by atoms with Gasteiger partial charge < -0.3 is 38.5 Å². The van der Waals surface area contributed by atoms with Crippen LogP contribution < -0.4 is 5.32 Å². The maximum atomic E-state index is 12.4. The average Bonchev–Trinajstić information content (AvgIpc) is 3.76. The number of hydrogen-bond donors (Lipinski definition) is 1. The predicted molar refractivity (Wildman–Crippen MR) is 190 cm³/mol. The van der Waals surface area contributed by atoms with E-state index < -0.39 is 23.7 Å². The zero-order chi connectivity index (χ0) is 35.5. The Balaban J connectivity index is 0.000000353. The highest BCUT2D eigenvalue weighted by Crippen LogP contribution is 2.24. The number of carbonyl (C=O) groups excluding carboxylic acids is 3. The highest BCUT2D eigenvalue weighted by atomic mass is 35.5. The third kappa shape index (κ3) is 16.2. The summed E-state index contributed by atoms with van der Waals surface area (Å²) < 4.78 is 37.7. The molecule has 0 aliphatic carbocycles. The van der Waals surface area contributed by atoms with Crippen LogP contribution in [0.25, 0.3) is 0 Å². The fourth-order valence-corrected chi connectivity index (χ4v) is 5.30. The predicted octanol–water partition coefficient (Wildman–Crippen LogP) is 5.10. The largest absolute Gasteiger partial charge is 0.468 e. The van der Waals surface area contributed by atoms with Crippen molar-refractivity contribution in [1.29, 1.82) is 0 Å². The van der Waals surface area contributed by atoms with Gasteiger partial charge in [0.05, 0.1) is 46.2 Å². The van der Waals surface area contributed by atoms with Gasteiger partial charge in [0.1, 0.15) is 17.7 Å². The molecule has 2 aromatic rings. The number of carbonyl (C=O) groups is 3. The number of amides is 1. The Morgan fingerprint density at radius 3 is 1.76 bits per heavy atom. The van der Waals surface area contributed by atoms with Crippen molar-refractivity contribution in [2.75, 3.05) is 53.7 Å². The van der Waals surface area contributed by atoms with Crippen molar-refractivity contribution in [1.82, 2.24) is 10.2 Å². The van der Waals surface area contributed by atoms with E-state index in [0.717, 1.165) is 18.4 Å². The van der Waals surface area contributed by atoms with Gasteiger partial charge in [-0.3, -0.25) is 9.69 Å². The zero-order valence-electron chi connectivity index (χ0n) is 30.0. The number of esters is 2. The molecule has 4 rings (SSSR count). The first kappa shape index (κ1) is 42.9. The molecule has 280 valence electrons. The van der Waals surface area contributed by atoms with E-state index in [1.54, 1.807) is 20.8 Å². The third-order valence-corrected chi connectivity index (χ3v) is 7.74. The fourth-order valence-electron chi connectivity index (χ4n) is 5.30. The van der Waals surface area contributed by atoms with Gasteiger partial charge in [-0.05, 0) is 44.7 Å². The number of nitrogens with one attached hydrogen (secondary N) is 1. The molecule has 0 unspecified atom stereocenters. The maximum absolute atomic E-state index is 12.4. The second kappa shape index (κ2) is 23.3. The molecule has 4 atom stereocenters.